The first-order valence-electron chi connectivity index (χ1n) is 10.2. The second-order valence-corrected chi connectivity index (χ2v) is 8.64. The van der Waals surface area contributed by atoms with Crippen molar-refractivity contribution in [2.45, 2.75) is 18.0 Å². The second-order valence-electron chi connectivity index (χ2n) is 7.64. The van der Waals surface area contributed by atoms with Gasteiger partial charge < -0.3 is 24.8 Å². The van der Waals surface area contributed by atoms with Gasteiger partial charge >= 0.3 is 12.1 Å². The number of hydrogen-bond donors (Lipinski definition) is 2. The number of benzene rings is 2. The number of methoxy groups -OCH3 is 1. The lowest BCUT2D eigenvalue weighted by Gasteiger charge is -2.26. The molecule has 0 bridgehead atoms. The van der Waals surface area contributed by atoms with E-state index >= 15 is 0 Å². The van der Waals surface area contributed by atoms with E-state index in [9.17, 15) is 19.5 Å². The van der Waals surface area contributed by atoms with Crippen LogP contribution in [-0.2, 0) is 19.1 Å². The van der Waals surface area contributed by atoms with E-state index in [1.54, 1.807) is 0 Å². The van der Waals surface area contributed by atoms with Crippen LogP contribution in [0.3, 0.4) is 0 Å². The van der Waals surface area contributed by atoms with Crippen LogP contribution in [0.25, 0.3) is 11.1 Å². The largest absolute Gasteiger partial charge is 0.480 e. The Labute approximate surface area is 189 Å². The molecule has 1 fully saturated rings. The van der Waals surface area contributed by atoms with Crippen LogP contribution in [-0.4, -0.2) is 72.0 Å². The van der Waals surface area contributed by atoms with E-state index in [0.29, 0.717) is 5.75 Å². The molecule has 0 radical (unpaired) electrons. The van der Waals surface area contributed by atoms with Crippen LogP contribution in [0.4, 0.5) is 4.79 Å². The zero-order valence-corrected chi connectivity index (χ0v) is 18.3. The van der Waals surface area contributed by atoms with Gasteiger partial charge in [0.1, 0.15) is 18.7 Å². The number of thioether (sulfide) groups is 1. The maximum Gasteiger partial charge on any atom is 0.407 e. The summed E-state index contributed by atoms with van der Waals surface area (Å²) in [7, 11) is 1.41. The molecule has 0 saturated carbocycles. The molecular formula is C23H24N2O6S. The third-order valence-electron chi connectivity index (χ3n) is 5.72. The predicted molar refractivity (Wildman–Crippen MR) is 119 cm³/mol. The molecule has 2 N–H and O–H groups in total. The molecule has 0 spiro atoms. The first-order chi connectivity index (χ1) is 15.5. The summed E-state index contributed by atoms with van der Waals surface area (Å²) >= 11 is 1.35. The highest BCUT2D eigenvalue weighted by atomic mass is 32.2. The summed E-state index contributed by atoms with van der Waals surface area (Å²) in [5.74, 6) is -1.11. The molecule has 32 heavy (non-hydrogen) atoms. The molecule has 2 atom stereocenters. The van der Waals surface area contributed by atoms with Crippen LogP contribution in [0.15, 0.2) is 48.5 Å². The number of nitrogens with one attached hydrogen (secondary N) is 1. The number of nitrogens with zero attached hydrogens (tertiary/aromatic N) is 1. The van der Waals surface area contributed by atoms with Crippen LogP contribution < -0.4 is 5.32 Å². The summed E-state index contributed by atoms with van der Waals surface area (Å²) in [5, 5.41) is 11.9. The van der Waals surface area contributed by atoms with Crippen molar-refractivity contribution in [1.29, 1.82) is 0 Å². The Morgan fingerprint density at radius 2 is 1.75 bits per heavy atom. The molecular weight excluding hydrogens is 432 g/mol. The third-order valence-corrected chi connectivity index (χ3v) is 6.73. The summed E-state index contributed by atoms with van der Waals surface area (Å²) in [6.07, 6.45) is -0.749. The summed E-state index contributed by atoms with van der Waals surface area (Å²) in [6, 6.07) is 14.1. The molecule has 1 saturated heterocycles. The Kier molecular flexibility index (Phi) is 6.66. The standard InChI is InChI=1S/C23H24N2O6S/c1-30-11-19(21(26)25-13-32-12-20(25)22(27)28)24-23(29)31-10-18-16-8-4-2-6-14(16)15-7-3-5-9-17(15)18/h2-9,18-20H,10-13H2,1H3,(H,24,29)(H,27,28)/t19-,20-/m0/s1. The van der Waals surface area contributed by atoms with Gasteiger partial charge in [0.15, 0.2) is 0 Å². The fourth-order valence-corrected chi connectivity index (χ4v) is 5.34. The highest BCUT2D eigenvalue weighted by molar-refractivity contribution is 7.99. The van der Waals surface area contributed by atoms with Gasteiger partial charge in [-0.2, -0.15) is 0 Å². The van der Waals surface area contributed by atoms with Gasteiger partial charge in [-0.3, -0.25) is 4.79 Å². The lowest BCUT2D eigenvalue weighted by Crippen LogP contribution is -2.54. The number of amides is 2. The van der Waals surface area contributed by atoms with Gasteiger partial charge in [-0.15, -0.1) is 11.8 Å². The molecule has 2 amide bonds. The number of carboxylic acid groups (broad SMARTS) is 1. The summed E-state index contributed by atoms with van der Waals surface area (Å²) < 4.78 is 10.6. The number of ether oxygens (including phenoxy) is 2. The van der Waals surface area contributed by atoms with E-state index < -0.39 is 30.1 Å². The van der Waals surface area contributed by atoms with E-state index in [1.165, 1.54) is 23.8 Å². The van der Waals surface area contributed by atoms with Crippen molar-refractivity contribution in [3.63, 3.8) is 0 Å². The number of rotatable bonds is 7. The van der Waals surface area contributed by atoms with E-state index in [1.807, 2.05) is 36.4 Å². The zero-order valence-electron chi connectivity index (χ0n) is 17.5. The van der Waals surface area contributed by atoms with Gasteiger partial charge in [0.25, 0.3) is 0 Å². The van der Waals surface area contributed by atoms with Crippen LogP contribution in [0.5, 0.6) is 0 Å². The van der Waals surface area contributed by atoms with E-state index in [0.717, 1.165) is 22.3 Å². The molecule has 2 aromatic carbocycles. The zero-order chi connectivity index (χ0) is 22.7. The SMILES string of the molecule is COC[C@H](NC(=O)OCC1c2ccccc2-c2ccccc21)C(=O)N1CSC[C@H]1C(=O)O. The molecule has 2 aromatic rings. The van der Waals surface area contributed by atoms with Gasteiger partial charge in [0.2, 0.25) is 5.91 Å². The number of fused-ring (bicyclic) bond motifs is 3. The maximum absolute atomic E-state index is 12.9. The Bertz CT molecular complexity index is 984. The van der Waals surface area contributed by atoms with Crippen molar-refractivity contribution < 1.29 is 29.0 Å². The van der Waals surface area contributed by atoms with Gasteiger partial charge in [0, 0.05) is 18.8 Å². The molecule has 4 rings (SSSR count). The highest BCUT2D eigenvalue weighted by Crippen LogP contribution is 2.44. The summed E-state index contributed by atoms with van der Waals surface area (Å²) in [5.41, 5.74) is 4.42. The quantitative estimate of drug-likeness (QED) is 0.660. The summed E-state index contributed by atoms with van der Waals surface area (Å²) in [6.45, 7) is 0.0294. The topological polar surface area (TPSA) is 105 Å². The highest BCUT2D eigenvalue weighted by Gasteiger charge is 2.38. The Morgan fingerprint density at radius 3 is 2.34 bits per heavy atom. The molecule has 9 heteroatoms. The smallest absolute Gasteiger partial charge is 0.407 e. The maximum atomic E-state index is 12.9. The summed E-state index contributed by atoms with van der Waals surface area (Å²) in [4.78, 5) is 38.1. The number of carboxylic acids is 1. The van der Waals surface area contributed by atoms with Crippen molar-refractivity contribution in [2.75, 3.05) is 32.0 Å². The van der Waals surface area contributed by atoms with Gasteiger partial charge in [-0.25, -0.2) is 9.59 Å². The Morgan fingerprint density at radius 1 is 1.12 bits per heavy atom. The minimum atomic E-state index is -1.07. The first kappa shape index (κ1) is 22.2. The van der Waals surface area contributed by atoms with E-state index in [-0.39, 0.29) is 25.0 Å². The molecule has 1 aliphatic carbocycles. The number of aliphatic carboxylic acids is 1. The fraction of sp³-hybridized carbons (Fsp3) is 0.348. The number of carbonyl (C=O) groups is 3. The van der Waals surface area contributed by atoms with Crippen molar-refractivity contribution in [3.05, 3.63) is 59.7 Å². The number of carbonyl (C=O) groups excluding carboxylic acids is 2. The minimum Gasteiger partial charge on any atom is -0.480 e. The van der Waals surface area contributed by atoms with Crippen LogP contribution in [0, 0.1) is 0 Å². The van der Waals surface area contributed by atoms with Crippen LogP contribution in [0.1, 0.15) is 17.0 Å². The number of hydrogen-bond acceptors (Lipinski definition) is 6. The minimum absolute atomic E-state index is 0.0868. The molecule has 0 unspecified atom stereocenters. The molecule has 0 aromatic heterocycles. The van der Waals surface area contributed by atoms with Crippen LogP contribution >= 0.6 is 11.8 Å². The normalized spacial score (nSPS) is 18.0. The Balaban J connectivity index is 1.42. The van der Waals surface area contributed by atoms with Gasteiger partial charge in [0.05, 0.1) is 12.5 Å². The lowest BCUT2D eigenvalue weighted by molar-refractivity contribution is -0.149. The van der Waals surface area contributed by atoms with Crippen molar-refractivity contribution >= 4 is 29.7 Å². The van der Waals surface area contributed by atoms with Gasteiger partial charge in [-0.1, -0.05) is 48.5 Å². The number of alkyl carbamates (subject to hydrolysis) is 1. The Hall–Kier alpha value is -3.04. The van der Waals surface area contributed by atoms with Gasteiger partial charge in [-0.05, 0) is 22.3 Å². The third kappa shape index (κ3) is 4.31. The predicted octanol–water partition coefficient (Wildman–Crippen LogP) is 2.53. The average Bonchev–Trinajstić information content (AvgIpc) is 3.40. The van der Waals surface area contributed by atoms with Crippen molar-refractivity contribution in [3.8, 4) is 11.1 Å². The first-order valence-corrected chi connectivity index (χ1v) is 11.4. The van der Waals surface area contributed by atoms with E-state index in [4.69, 9.17) is 9.47 Å². The fourth-order valence-electron chi connectivity index (χ4n) is 4.19. The van der Waals surface area contributed by atoms with Crippen molar-refractivity contribution in [2.24, 2.45) is 0 Å². The van der Waals surface area contributed by atoms with Crippen molar-refractivity contribution in [1.82, 2.24) is 10.2 Å². The lowest BCUT2D eigenvalue weighted by atomic mass is 9.98. The monoisotopic (exact) mass is 456 g/mol. The molecule has 1 heterocycles. The molecule has 8 nitrogen and oxygen atoms in total. The molecule has 1 aliphatic heterocycles. The second kappa shape index (κ2) is 9.62. The van der Waals surface area contributed by atoms with Crippen LogP contribution in [0.2, 0.25) is 0 Å². The molecule has 168 valence electrons. The average molecular weight is 457 g/mol. The molecule has 2 aliphatic rings. The van der Waals surface area contributed by atoms with E-state index in [2.05, 4.69) is 17.4 Å².